The van der Waals surface area contributed by atoms with Gasteiger partial charge in [0.25, 0.3) is 0 Å². The highest BCUT2D eigenvalue weighted by Crippen LogP contribution is 1.93. The Morgan fingerprint density at radius 3 is 1.25 bits per heavy atom. The van der Waals surface area contributed by atoms with Crippen LogP contribution < -0.4 is 5.32 Å². The van der Waals surface area contributed by atoms with Crippen molar-refractivity contribution in [3.05, 3.63) is 0 Å². The van der Waals surface area contributed by atoms with E-state index in [1.807, 2.05) is 27.7 Å². The summed E-state index contributed by atoms with van der Waals surface area (Å²) in [4.78, 5) is 0. The maximum absolute atomic E-state index is 5.25. The maximum atomic E-state index is 5.25. The number of halogens is 1. The largest absolute Gasteiger partial charge is 0.376 e. The Morgan fingerprint density at radius 2 is 1.25 bits per heavy atom. The fraction of sp³-hybridized carbons (Fsp3) is 1.00. The van der Waals surface area contributed by atoms with E-state index in [1.54, 1.807) is 0 Å². The van der Waals surface area contributed by atoms with E-state index in [4.69, 9.17) is 4.74 Å². The minimum Gasteiger partial charge on any atom is -0.376 e. The minimum atomic E-state index is 0. The first-order valence-electron chi connectivity index (χ1n) is 4.49. The number of rotatable bonds is 2. The third-order valence-corrected chi connectivity index (χ3v) is 1.25. The molecule has 0 aromatic heterocycles. The summed E-state index contributed by atoms with van der Waals surface area (Å²) in [5, 5.41) is 3.11. The molecule has 0 bridgehead atoms. The Kier molecular flexibility index (Phi) is 11.4. The highest BCUT2D eigenvalue weighted by atomic mass is 35.5. The average molecular weight is 196 g/mol. The molecule has 0 radical (unpaired) electrons. The van der Waals surface area contributed by atoms with Crippen LogP contribution in [0, 0.1) is 0 Å². The Labute approximate surface area is 82.5 Å². The van der Waals surface area contributed by atoms with E-state index in [9.17, 15) is 0 Å². The van der Waals surface area contributed by atoms with Gasteiger partial charge in [0, 0.05) is 0 Å². The van der Waals surface area contributed by atoms with Crippen LogP contribution in [-0.2, 0) is 4.74 Å². The Balaban J connectivity index is 0. The fourth-order valence-corrected chi connectivity index (χ4v) is 0.721. The number of hydrogen-bond donors (Lipinski definition) is 1. The van der Waals surface area contributed by atoms with E-state index in [0.717, 1.165) is 0 Å². The van der Waals surface area contributed by atoms with Crippen molar-refractivity contribution in [1.82, 2.24) is 5.32 Å². The second-order valence-corrected chi connectivity index (χ2v) is 3.34. The molecule has 1 N–H and O–H groups in total. The monoisotopic (exact) mass is 195 g/mol. The summed E-state index contributed by atoms with van der Waals surface area (Å²) in [6.07, 6.45) is 2.14. The van der Waals surface area contributed by atoms with Crippen LogP contribution in [0.3, 0.4) is 0 Å². The van der Waals surface area contributed by atoms with Gasteiger partial charge in [0.05, 0.1) is 12.2 Å². The third kappa shape index (κ3) is 12.8. The molecule has 0 saturated carbocycles. The predicted octanol–water partition coefficient (Wildman–Crippen LogP) is 2.22. The van der Waals surface area contributed by atoms with Gasteiger partial charge in [-0.25, -0.2) is 0 Å². The van der Waals surface area contributed by atoms with Crippen LogP contribution in [-0.4, -0.2) is 25.3 Å². The van der Waals surface area contributed by atoms with Crippen LogP contribution in [0.25, 0.3) is 0 Å². The van der Waals surface area contributed by atoms with Gasteiger partial charge in [0.15, 0.2) is 0 Å². The fourth-order valence-electron chi connectivity index (χ4n) is 0.721. The molecule has 2 nitrogen and oxygen atoms in total. The molecular formula is C9H22ClNO. The van der Waals surface area contributed by atoms with E-state index < -0.39 is 0 Å². The van der Waals surface area contributed by atoms with Crippen molar-refractivity contribution < 1.29 is 4.74 Å². The smallest absolute Gasteiger partial charge is 0.0522 e. The van der Waals surface area contributed by atoms with Gasteiger partial charge in [-0.2, -0.15) is 0 Å². The van der Waals surface area contributed by atoms with Gasteiger partial charge < -0.3 is 10.1 Å². The number of ether oxygens (including phenoxy) is 1. The van der Waals surface area contributed by atoms with Crippen LogP contribution >= 0.6 is 12.4 Å². The van der Waals surface area contributed by atoms with Gasteiger partial charge in [-0.15, -0.1) is 12.4 Å². The average Bonchev–Trinajstić information content (AvgIpc) is 1.52. The van der Waals surface area contributed by atoms with Gasteiger partial charge in [-0.3, -0.25) is 0 Å². The molecule has 0 unspecified atom stereocenters. The highest BCUT2D eigenvalue weighted by molar-refractivity contribution is 5.85. The molecule has 76 valence electrons. The van der Waals surface area contributed by atoms with Crippen molar-refractivity contribution >= 4 is 12.4 Å². The first-order chi connectivity index (χ1) is 5.13. The summed E-state index contributed by atoms with van der Waals surface area (Å²) in [7, 11) is 0. The van der Waals surface area contributed by atoms with Gasteiger partial charge in [0.2, 0.25) is 0 Å². The van der Waals surface area contributed by atoms with Crippen molar-refractivity contribution in [2.75, 3.05) is 13.1 Å². The molecule has 1 aliphatic heterocycles. The molecule has 12 heavy (non-hydrogen) atoms. The van der Waals surface area contributed by atoms with E-state index in [-0.39, 0.29) is 12.4 Å². The zero-order valence-corrected chi connectivity index (χ0v) is 9.41. The van der Waals surface area contributed by atoms with E-state index >= 15 is 0 Å². The van der Waals surface area contributed by atoms with Gasteiger partial charge in [0.1, 0.15) is 0 Å². The van der Waals surface area contributed by atoms with Crippen LogP contribution in [0.5, 0.6) is 0 Å². The van der Waals surface area contributed by atoms with Gasteiger partial charge in [-0.1, -0.05) is 0 Å². The standard InChI is InChI=1S/C6H14O.C3H7N.ClH/c1-5(2)7-6(3)4;1-2-4-3-1;/h5-6H,1-4H3;4H,1-3H2;1H. The summed E-state index contributed by atoms with van der Waals surface area (Å²) in [6, 6.07) is 0. The lowest BCUT2D eigenvalue weighted by Crippen LogP contribution is -2.29. The van der Waals surface area contributed by atoms with E-state index in [1.165, 1.54) is 19.5 Å². The van der Waals surface area contributed by atoms with Crippen LogP contribution in [0.4, 0.5) is 0 Å². The summed E-state index contributed by atoms with van der Waals surface area (Å²) in [6.45, 7) is 10.7. The van der Waals surface area contributed by atoms with Crippen molar-refractivity contribution in [2.24, 2.45) is 0 Å². The molecule has 0 aromatic rings. The Morgan fingerprint density at radius 1 is 1.00 bits per heavy atom. The van der Waals surface area contributed by atoms with Crippen molar-refractivity contribution in [1.29, 1.82) is 0 Å². The zero-order valence-electron chi connectivity index (χ0n) is 8.59. The zero-order chi connectivity index (χ0) is 8.69. The second kappa shape index (κ2) is 9.30. The summed E-state index contributed by atoms with van der Waals surface area (Å²) < 4.78 is 5.25. The van der Waals surface area contributed by atoms with E-state index in [2.05, 4.69) is 5.32 Å². The lowest BCUT2D eigenvalue weighted by Gasteiger charge is -2.09. The summed E-state index contributed by atoms with van der Waals surface area (Å²) >= 11 is 0. The topological polar surface area (TPSA) is 21.3 Å². The van der Waals surface area contributed by atoms with E-state index in [0.29, 0.717) is 12.2 Å². The number of nitrogens with one attached hydrogen (secondary N) is 1. The molecule has 1 aliphatic rings. The molecule has 1 rings (SSSR count). The molecule has 0 spiro atoms. The first-order valence-corrected chi connectivity index (χ1v) is 4.49. The molecule has 0 amide bonds. The van der Waals surface area contributed by atoms with Crippen LogP contribution in [0.15, 0.2) is 0 Å². The number of hydrogen-bond acceptors (Lipinski definition) is 2. The molecule has 0 aliphatic carbocycles. The van der Waals surface area contributed by atoms with Gasteiger partial charge >= 0.3 is 0 Å². The quantitative estimate of drug-likeness (QED) is 0.730. The lowest BCUT2D eigenvalue weighted by atomic mass is 10.3. The predicted molar refractivity (Wildman–Crippen MR) is 56.1 cm³/mol. The maximum Gasteiger partial charge on any atom is 0.0522 e. The molecule has 1 fully saturated rings. The molecule has 0 atom stereocenters. The van der Waals surface area contributed by atoms with Crippen molar-refractivity contribution in [3.63, 3.8) is 0 Å². The van der Waals surface area contributed by atoms with Crippen LogP contribution in [0.2, 0.25) is 0 Å². The SMILES string of the molecule is C1CNC1.CC(C)OC(C)C.Cl. The third-order valence-electron chi connectivity index (χ3n) is 1.25. The Bertz CT molecular complexity index is 72.6. The first kappa shape index (κ1) is 14.7. The molecule has 0 aromatic carbocycles. The molecular weight excluding hydrogens is 174 g/mol. The Hall–Kier alpha value is 0.210. The lowest BCUT2D eigenvalue weighted by molar-refractivity contribution is 0.0300. The summed E-state index contributed by atoms with van der Waals surface area (Å²) in [5.74, 6) is 0. The molecule has 1 heterocycles. The molecule has 3 heteroatoms. The minimum absolute atomic E-state index is 0. The highest BCUT2D eigenvalue weighted by Gasteiger charge is 1.94. The van der Waals surface area contributed by atoms with Crippen molar-refractivity contribution in [2.45, 2.75) is 46.3 Å². The normalized spacial score (nSPS) is 14.5. The van der Waals surface area contributed by atoms with Crippen LogP contribution in [0.1, 0.15) is 34.1 Å². The summed E-state index contributed by atoms with van der Waals surface area (Å²) in [5.41, 5.74) is 0. The molecule has 1 saturated heterocycles. The second-order valence-electron chi connectivity index (χ2n) is 3.34. The van der Waals surface area contributed by atoms with Gasteiger partial charge in [-0.05, 0) is 47.2 Å². The van der Waals surface area contributed by atoms with Crippen molar-refractivity contribution in [3.8, 4) is 0 Å².